The monoisotopic (exact) mass is 1330 g/mol. The Bertz CT molecular complexity index is 3060. The van der Waals surface area contributed by atoms with Gasteiger partial charge in [0.15, 0.2) is 0 Å². The summed E-state index contributed by atoms with van der Waals surface area (Å²) in [6.45, 7) is 25.0. The van der Waals surface area contributed by atoms with E-state index in [2.05, 4.69) is 45.2 Å². The molecule has 8 amide bonds. The van der Waals surface area contributed by atoms with Gasteiger partial charge in [0.2, 0.25) is 29.5 Å². The van der Waals surface area contributed by atoms with Gasteiger partial charge in [0, 0.05) is 65.3 Å². The molecule has 23 nitrogen and oxygen atoms in total. The minimum absolute atomic E-state index is 0.0126. The second-order valence-electron chi connectivity index (χ2n) is 27.3. The summed E-state index contributed by atoms with van der Waals surface area (Å²) in [5.41, 5.74) is 0.789. The lowest BCUT2D eigenvalue weighted by Gasteiger charge is -2.36. The third-order valence-electron chi connectivity index (χ3n) is 16.2. The number of hydrogen-bond donors (Lipinski definition) is 4. The third kappa shape index (κ3) is 27.0. The Balaban J connectivity index is 0.000000446. The van der Waals surface area contributed by atoms with Gasteiger partial charge in [-0.15, -0.1) is 12.8 Å². The fourth-order valence-electron chi connectivity index (χ4n) is 10.7. The number of nitrogens with one attached hydrogen (secondary N) is 4. The van der Waals surface area contributed by atoms with Crippen LogP contribution in [0.15, 0.2) is 84.9 Å². The molecule has 9 atom stereocenters. The van der Waals surface area contributed by atoms with Crippen molar-refractivity contribution in [1.29, 1.82) is 0 Å². The molecule has 0 radical (unpaired) electrons. The first-order valence-electron chi connectivity index (χ1n) is 33.1. The maximum atomic E-state index is 14.7. The van der Waals surface area contributed by atoms with Gasteiger partial charge in [0.1, 0.15) is 66.0 Å². The number of terminal acetylenes is 2. The molecule has 0 spiro atoms. The smallest absolute Gasteiger partial charge is 0.410 e. The molecule has 2 saturated heterocycles. The van der Waals surface area contributed by atoms with Gasteiger partial charge in [0.05, 0.1) is 19.3 Å². The highest BCUT2D eigenvalue weighted by Gasteiger charge is 2.42. The van der Waals surface area contributed by atoms with Crippen molar-refractivity contribution in [3.63, 3.8) is 0 Å². The number of likely N-dealkylation sites (N-methyl/N-ethyl adjacent to an activating group) is 2. The van der Waals surface area contributed by atoms with Crippen LogP contribution in [0.2, 0.25) is 0 Å². The number of carbonyl (C=O) groups is 8. The SMILES string of the molecule is C#CCO[C@H](C)[C@H](NC(=O)[C@H](C)N(C)C(=O)OC(C)(C)C)C(=O)N1CCC[C@H]1CN(CCc1ccccc1)C(=O)[C@@H](Cc1ccc(OC)cc1)NC(=O)OC(C)(C)C.C#CCO[C@H](C)[C@H](NC(=O)[C@H](C)N(C)C(=O)OC(C)(C)C)C(=O)N1CCC[C@H]1CNCCc1ccccc1. The fourth-order valence-corrected chi connectivity index (χ4v) is 10.7. The Morgan fingerprint density at radius 1 is 0.583 bits per heavy atom. The Morgan fingerprint density at radius 2 is 1.02 bits per heavy atom. The summed E-state index contributed by atoms with van der Waals surface area (Å²) in [6, 6.07) is 21.8. The van der Waals surface area contributed by atoms with E-state index >= 15 is 0 Å². The molecule has 0 aliphatic carbocycles. The number of nitrogens with zero attached hydrogens (tertiary/aromatic N) is 5. The zero-order valence-electron chi connectivity index (χ0n) is 59.5. The van der Waals surface area contributed by atoms with Gasteiger partial charge in [-0.25, -0.2) is 14.4 Å². The molecular formula is C73H107N9O14. The molecule has 2 aliphatic rings. The van der Waals surface area contributed by atoms with Crippen LogP contribution in [0.1, 0.15) is 132 Å². The van der Waals surface area contributed by atoms with Crippen molar-refractivity contribution >= 4 is 47.8 Å². The van der Waals surface area contributed by atoms with Crippen LogP contribution in [-0.2, 0) is 66.9 Å². The fraction of sp³-hybridized carbons (Fsp3) is 0.589. The summed E-state index contributed by atoms with van der Waals surface area (Å²) in [7, 11) is 4.51. The van der Waals surface area contributed by atoms with E-state index in [-0.39, 0.29) is 44.0 Å². The molecule has 0 bridgehead atoms. The highest BCUT2D eigenvalue weighted by atomic mass is 16.6. The summed E-state index contributed by atoms with van der Waals surface area (Å²) in [5.74, 6) is 3.43. The van der Waals surface area contributed by atoms with Crippen molar-refractivity contribution < 1.29 is 66.8 Å². The number of ether oxygens (including phenoxy) is 6. The van der Waals surface area contributed by atoms with Gasteiger partial charge in [-0.05, 0) is 164 Å². The molecule has 2 fully saturated rings. The first-order chi connectivity index (χ1) is 45.2. The van der Waals surface area contributed by atoms with Crippen LogP contribution < -0.4 is 26.0 Å². The Hall–Kier alpha value is -8.38. The summed E-state index contributed by atoms with van der Waals surface area (Å²) in [4.78, 5) is 116. The molecule has 2 aliphatic heterocycles. The molecular weight excluding hydrogens is 1230 g/mol. The third-order valence-corrected chi connectivity index (χ3v) is 16.2. The summed E-state index contributed by atoms with van der Waals surface area (Å²) in [6.07, 6.45) is 11.9. The predicted molar refractivity (Wildman–Crippen MR) is 368 cm³/mol. The normalized spacial score (nSPS) is 16.8. The Morgan fingerprint density at radius 3 is 1.46 bits per heavy atom. The first kappa shape index (κ1) is 80.1. The van der Waals surface area contributed by atoms with E-state index in [1.165, 1.54) is 31.5 Å². The first-order valence-corrected chi connectivity index (χ1v) is 33.1. The zero-order valence-corrected chi connectivity index (χ0v) is 59.5. The second-order valence-corrected chi connectivity index (χ2v) is 27.3. The summed E-state index contributed by atoms with van der Waals surface area (Å²) >= 11 is 0. The van der Waals surface area contributed by atoms with Gasteiger partial charge in [-0.2, -0.15) is 0 Å². The lowest BCUT2D eigenvalue weighted by molar-refractivity contribution is -0.143. The van der Waals surface area contributed by atoms with E-state index in [0.717, 1.165) is 41.8 Å². The average Bonchev–Trinajstić information content (AvgIpc) is 1.52. The summed E-state index contributed by atoms with van der Waals surface area (Å²) in [5, 5.41) is 11.9. The van der Waals surface area contributed by atoms with Crippen molar-refractivity contribution in [3.8, 4) is 30.4 Å². The second kappa shape index (κ2) is 38.4. The van der Waals surface area contributed by atoms with Crippen molar-refractivity contribution in [2.24, 2.45) is 0 Å². The van der Waals surface area contributed by atoms with E-state index < -0.39 is 101 Å². The number of hydrogen-bond acceptors (Lipinski definition) is 15. The number of alkyl carbamates (subject to hydrolysis) is 1. The van der Waals surface area contributed by atoms with E-state index in [9.17, 15) is 38.4 Å². The van der Waals surface area contributed by atoms with E-state index in [1.54, 1.807) is 112 Å². The molecule has 0 saturated carbocycles. The maximum Gasteiger partial charge on any atom is 0.410 e. The van der Waals surface area contributed by atoms with E-state index in [4.69, 9.17) is 41.3 Å². The quantitative estimate of drug-likeness (QED) is 0.0297. The lowest BCUT2D eigenvalue weighted by Crippen LogP contribution is -2.60. The largest absolute Gasteiger partial charge is 0.497 e. The van der Waals surface area contributed by atoms with Crippen LogP contribution in [0.5, 0.6) is 5.75 Å². The Kier molecular flexibility index (Phi) is 32.0. The standard InChI is InChI=1S/C44H63N5O9.C29H44N4O5/c1-12-27-56-31(3)37(46-38(50)30(2)47(10)42(54)58-44(7,8)9)40(52)49-25-16-19-34(49)29-48(26-24-32-17-14-13-15-18-32)39(51)36(45-41(53)57-43(4,5)6)28-33-20-22-35(55-11)23-21-33;1-8-19-37-22(3)25(31-26(34)21(2)32(7)28(36)38-29(4,5)6)27(35)33-18-12-15-24(33)20-30-17-16-23-13-10-9-11-14-23/h1,13-15,17-18,20-23,30-31,34,36-37H,16,19,24-29H2,2-11H3,(H,45,53)(H,46,50);1,9-11,13-14,21-22,24-25,30H,12,15-20H2,2-7H3,(H,31,34)/t30-,31+,34-,36+,37-;21-,22+,24-,25-/m00/s1. The highest BCUT2D eigenvalue weighted by Crippen LogP contribution is 2.25. The number of likely N-dealkylation sites (tertiary alicyclic amines) is 2. The van der Waals surface area contributed by atoms with Crippen LogP contribution in [0.25, 0.3) is 0 Å². The molecule has 0 aromatic heterocycles. The molecule has 3 aromatic rings. The number of rotatable bonds is 29. The van der Waals surface area contributed by atoms with Crippen LogP contribution in [-0.4, -0.2) is 217 Å². The van der Waals surface area contributed by atoms with E-state index in [1.807, 2.05) is 65.6 Å². The molecule has 3 aromatic carbocycles. The molecule has 0 unspecified atom stereocenters. The summed E-state index contributed by atoms with van der Waals surface area (Å²) < 4.78 is 33.1. The number of amides is 8. The van der Waals surface area contributed by atoms with Crippen LogP contribution in [0.4, 0.5) is 14.4 Å². The van der Waals surface area contributed by atoms with Gasteiger partial charge in [-0.3, -0.25) is 33.8 Å². The highest BCUT2D eigenvalue weighted by molar-refractivity contribution is 5.93. The van der Waals surface area contributed by atoms with E-state index in [0.29, 0.717) is 51.2 Å². The van der Waals surface area contributed by atoms with Crippen LogP contribution in [0, 0.1) is 24.7 Å². The van der Waals surface area contributed by atoms with Gasteiger partial charge in [0.25, 0.3) is 0 Å². The molecule has 4 N–H and O–H groups in total. The Labute approximate surface area is 570 Å². The molecule has 5 rings (SSSR count). The maximum absolute atomic E-state index is 14.7. The van der Waals surface area contributed by atoms with Crippen molar-refractivity contribution in [1.82, 2.24) is 45.8 Å². The number of methoxy groups -OCH3 is 1. The van der Waals surface area contributed by atoms with Crippen molar-refractivity contribution in [2.75, 3.05) is 73.7 Å². The van der Waals surface area contributed by atoms with Gasteiger partial charge >= 0.3 is 18.3 Å². The van der Waals surface area contributed by atoms with Crippen molar-refractivity contribution in [3.05, 3.63) is 102 Å². The molecule has 23 heteroatoms. The van der Waals surface area contributed by atoms with Crippen molar-refractivity contribution in [2.45, 2.75) is 206 Å². The molecule has 2 heterocycles. The van der Waals surface area contributed by atoms with Gasteiger partial charge < -0.3 is 64.4 Å². The lowest BCUT2D eigenvalue weighted by atomic mass is 10.0. The number of carbonyl (C=O) groups excluding carboxylic acids is 8. The minimum atomic E-state index is -1.17. The average molecular weight is 1330 g/mol. The minimum Gasteiger partial charge on any atom is -0.497 e. The van der Waals surface area contributed by atoms with Gasteiger partial charge in [-0.1, -0.05) is 84.6 Å². The molecule has 96 heavy (non-hydrogen) atoms. The van der Waals surface area contributed by atoms with Crippen LogP contribution >= 0.6 is 0 Å². The van der Waals surface area contributed by atoms with Crippen LogP contribution in [0.3, 0.4) is 0 Å². The topological polar surface area (TPSA) is 256 Å². The zero-order chi connectivity index (χ0) is 71.5. The molecule has 528 valence electrons. The number of benzene rings is 3. The predicted octanol–water partition coefficient (Wildman–Crippen LogP) is 7.56.